The molecule has 88 valence electrons. The first-order valence-electron chi connectivity index (χ1n) is 5.46. The number of halogens is 1. The molecule has 17 heavy (non-hydrogen) atoms. The number of pyridine rings is 1. The Bertz CT molecular complexity index is 538. The molecule has 5 nitrogen and oxygen atoms in total. The van der Waals surface area contributed by atoms with Crippen LogP contribution in [0.25, 0.3) is 11.5 Å². The van der Waals surface area contributed by atoms with E-state index in [2.05, 4.69) is 15.1 Å². The van der Waals surface area contributed by atoms with E-state index in [0.717, 1.165) is 12.8 Å². The first-order chi connectivity index (χ1) is 8.25. The van der Waals surface area contributed by atoms with E-state index >= 15 is 0 Å². The van der Waals surface area contributed by atoms with E-state index in [0.29, 0.717) is 28.3 Å². The molecule has 3 rings (SSSR count). The zero-order valence-electron chi connectivity index (χ0n) is 9.01. The van der Waals surface area contributed by atoms with Crippen molar-refractivity contribution in [1.29, 1.82) is 0 Å². The first-order valence-corrected chi connectivity index (χ1v) is 5.83. The Labute approximate surface area is 103 Å². The highest BCUT2D eigenvalue weighted by Crippen LogP contribution is 2.39. The maximum atomic E-state index is 6.01. The van der Waals surface area contributed by atoms with Crippen LogP contribution < -0.4 is 5.73 Å². The zero-order valence-corrected chi connectivity index (χ0v) is 9.76. The van der Waals surface area contributed by atoms with E-state index in [4.69, 9.17) is 21.9 Å². The van der Waals surface area contributed by atoms with Gasteiger partial charge in [-0.15, -0.1) is 0 Å². The molecule has 2 aromatic heterocycles. The van der Waals surface area contributed by atoms with Gasteiger partial charge in [0.2, 0.25) is 11.7 Å². The second kappa shape index (κ2) is 4.09. The second-order valence-corrected chi connectivity index (χ2v) is 4.56. The van der Waals surface area contributed by atoms with Crippen LogP contribution in [-0.4, -0.2) is 15.1 Å². The van der Waals surface area contributed by atoms with Gasteiger partial charge >= 0.3 is 0 Å². The Balaban J connectivity index is 1.92. The quantitative estimate of drug-likeness (QED) is 0.904. The highest BCUT2D eigenvalue weighted by Gasteiger charge is 2.33. The minimum absolute atomic E-state index is 0.168. The monoisotopic (exact) mass is 250 g/mol. The van der Waals surface area contributed by atoms with E-state index in [9.17, 15) is 0 Å². The van der Waals surface area contributed by atoms with E-state index in [1.165, 1.54) is 0 Å². The normalized spacial score (nSPS) is 17.1. The number of nitrogens with two attached hydrogens (primary N) is 1. The van der Waals surface area contributed by atoms with Crippen LogP contribution in [0.2, 0.25) is 5.02 Å². The lowest BCUT2D eigenvalue weighted by Crippen LogP contribution is -2.12. The summed E-state index contributed by atoms with van der Waals surface area (Å²) in [5.41, 5.74) is 6.50. The van der Waals surface area contributed by atoms with Crippen LogP contribution in [0.1, 0.15) is 24.8 Å². The molecule has 1 saturated carbocycles. The van der Waals surface area contributed by atoms with Gasteiger partial charge in [0.25, 0.3) is 0 Å². The van der Waals surface area contributed by atoms with E-state index in [1.54, 1.807) is 18.3 Å². The van der Waals surface area contributed by atoms with Gasteiger partial charge in [-0.1, -0.05) is 16.8 Å². The molecule has 0 spiro atoms. The first kappa shape index (κ1) is 10.7. The smallest absolute Gasteiger partial charge is 0.244 e. The molecule has 0 aromatic carbocycles. The zero-order chi connectivity index (χ0) is 11.8. The fraction of sp³-hybridized carbons (Fsp3) is 0.364. The third-order valence-electron chi connectivity index (χ3n) is 2.83. The lowest BCUT2D eigenvalue weighted by Gasteiger charge is -2.01. The van der Waals surface area contributed by atoms with Gasteiger partial charge in [0.05, 0.1) is 11.1 Å². The molecule has 6 heteroatoms. The Morgan fingerprint density at radius 2 is 2.29 bits per heavy atom. The molecule has 0 radical (unpaired) electrons. The fourth-order valence-electron chi connectivity index (χ4n) is 1.67. The third-order valence-corrected chi connectivity index (χ3v) is 3.13. The summed E-state index contributed by atoms with van der Waals surface area (Å²) in [5, 5.41) is 4.37. The van der Waals surface area contributed by atoms with Gasteiger partial charge in [-0.05, 0) is 30.9 Å². The van der Waals surface area contributed by atoms with Crippen molar-refractivity contribution in [1.82, 2.24) is 15.1 Å². The Morgan fingerprint density at radius 3 is 3.00 bits per heavy atom. The standard InChI is InChI=1S/C11H11ClN4O/c12-7-2-1-5-14-9(7)10-15-11(17-16-10)8(13)6-3-4-6/h1-2,5-6,8H,3-4,13H2. The van der Waals surface area contributed by atoms with Crippen molar-refractivity contribution in [3.63, 3.8) is 0 Å². The van der Waals surface area contributed by atoms with Gasteiger partial charge in [0, 0.05) is 6.20 Å². The molecular formula is C11H11ClN4O. The van der Waals surface area contributed by atoms with E-state index in [1.807, 2.05) is 0 Å². The average molecular weight is 251 g/mol. The number of rotatable bonds is 3. The van der Waals surface area contributed by atoms with Crippen LogP contribution in [0.15, 0.2) is 22.9 Å². The molecule has 0 bridgehead atoms. The van der Waals surface area contributed by atoms with Crippen molar-refractivity contribution in [2.24, 2.45) is 11.7 Å². The molecule has 1 fully saturated rings. The van der Waals surface area contributed by atoms with Gasteiger partial charge in [-0.2, -0.15) is 4.98 Å². The van der Waals surface area contributed by atoms with Gasteiger partial charge in [0.15, 0.2) is 0 Å². The van der Waals surface area contributed by atoms with Crippen LogP contribution in [-0.2, 0) is 0 Å². The minimum atomic E-state index is -0.168. The topological polar surface area (TPSA) is 77.8 Å². The SMILES string of the molecule is NC(c1nc(-c2ncccc2Cl)no1)C1CC1. The maximum absolute atomic E-state index is 6.01. The lowest BCUT2D eigenvalue weighted by molar-refractivity contribution is 0.343. The molecular weight excluding hydrogens is 240 g/mol. The van der Waals surface area contributed by atoms with Crippen molar-refractivity contribution >= 4 is 11.6 Å². The number of nitrogens with zero attached hydrogens (tertiary/aromatic N) is 3. The number of aromatic nitrogens is 3. The predicted octanol–water partition coefficient (Wildman–Crippen LogP) is 2.19. The summed E-state index contributed by atoms with van der Waals surface area (Å²) in [5.74, 6) is 1.33. The van der Waals surface area contributed by atoms with Crippen LogP contribution in [0, 0.1) is 5.92 Å². The second-order valence-electron chi connectivity index (χ2n) is 4.15. The van der Waals surface area contributed by atoms with E-state index in [-0.39, 0.29) is 6.04 Å². The summed E-state index contributed by atoms with van der Waals surface area (Å²) in [6.07, 6.45) is 3.89. The highest BCUT2D eigenvalue weighted by atomic mass is 35.5. The minimum Gasteiger partial charge on any atom is -0.337 e. The molecule has 0 saturated heterocycles. The Morgan fingerprint density at radius 1 is 1.47 bits per heavy atom. The molecule has 2 N–H and O–H groups in total. The highest BCUT2D eigenvalue weighted by molar-refractivity contribution is 6.32. The molecule has 2 heterocycles. The number of hydrogen-bond donors (Lipinski definition) is 1. The van der Waals surface area contributed by atoms with Crippen LogP contribution in [0.3, 0.4) is 0 Å². The van der Waals surface area contributed by atoms with Gasteiger partial charge in [-0.3, -0.25) is 4.98 Å². The van der Waals surface area contributed by atoms with Crippen molar-refractivity contribution in [3.05, 3.63) is 29.2 Å². The summed E-state index contributed by atoms with van der Waals surface area (Å²) in [4.78, 5) is 8.38. The average Bonchev–Trinajstić information content (AvgIpc) is 3.07. The van der Waals surface area contributed by atoms with Gasteiger partial charge in [-0.25, -0.2) is 0 Å². The van der Waals surface area contributed by atoms with Crippen LogP contribution >= 0.6 is 11.6 Å². The van der Waals surface area contributed by atoms with E-state index < -0.39 is 0 Å². The molecule has 0 amide bonds. The molecule has 1 aliphatic rings. The van der Waals surface area contributed by atoms with Crippen molar-refractivity contribution in [3.8, 4) is 11.5 Å². The maximum Gasteiger partial charge on any atom is 0.244 e. The van der Waals surface area contributed by atoms with Crippen molar-refractivity contribution in [2.45, 2.75) is 18.9 Å². The number of hydrogen-bond acceptors (Lipinski definition) is 5. The Hall–Kier alpha value is -1.46. The molecule has 0 aliphatic heterocycles. The summed E-state index contributed by atoms with van der Waals surface area (Å²) < 4.78 is 5.15. The van der Waals surface area contributed by atoms with Gasteiger partial charge in [0.1, 0.15) is 5.69 Å². The van der Waals surface area contributed by atoms with Gasteiger partial charge < -0.3 is 10.3 Å². The summed E-state index contributed by atoms with van der Waals surface area (Å²) in [7, 11) is 0. The summed E-state index contributed by atoms with van der Waals surface area (Å²) >= 11 is 6.01. The van der Waals surface area contributed by atoms with Crippen molar-refractivity contribution < 1.29 is 4.52 Å². The predicted molar refractivity (Wildman–Crippen MR) is 62.2 cm³/mol. The molecule has 1 unspecified atom stereocenters. The van der Waals surface area contributed by atoms with Crippen LogP contribution in [0.5, 0.6) is 0 Å². The fourth-order valence-corrected chi connectivity index (χ4v) is 1.88. The molecule has 1 atom stereocenters. The van der Waals surface area contributed by atoms with Crippen LogP contribution in [0.4, 0.5) is 0 Å². The van der Waals surface area contributed by atoms with Crippen molar-refractivity contribution in [2.75, 3.05) is 0 Å². The molecule has 2 aromatic rings. The Kier molecular flexibility index (Phi) is 2.57. The molecule has 1 aliphatic carbocycles. The summed E-state index contributed by atoms with van der Waals surface area (Å²) in [6.45, 7) is 0. The summed E-state index contributed by atoms with van der Waals surface area (Å²) in [6, 6.07) is 3.32. The largest absolute Gasteiger partial charge is 0.337 e. The lowest BCUT2D eigenvalue weighted by atomic mass is 10.2. The third kappa shape index (κ3) is 2.03.